The van der Waals surface area contributed by atoms with E-state index in [9.17, 15) is 14.4 Å². The number of hydrogen-bond acceptors (Lipinski definition) is 5. The van der Waals surface area contributed by atoms with Crippen LogP contribution in [0.5, 0.6) is 0 Å². The van der Waals surface area contributed by atoms with Gasteiger partial charge in [-0.15, -0.1) is 0 Å². The van der Waals surface area contributed by atoms with Crippen molar-refractivity contribution in [2.24, 2.45) is 11.7 Å². The Morgan fingerprint density at radius 2 is 1.67 bits per heavy atom. The lowest BCUT2D eigenvalue weighted by Gasteiger charge is -2.21. The Balaban J connectivity index is 2.76. The molecule has 0 aliphatic carbocycles. The van der Waals surface area contributed by atoms with Crippen LogP contribution in [0.25, 0.3) is 0 Å². The van der Waals surface area contributed by atoms with Gasteiger partial charge in [-0.25, -0.2) is 0 Å². The molecule has 3 atom stereocenters. The first-order chi connectivity index (χ1) is 14.4. The number of ketones is 1. The fourth-order valence-electron chi connectivity index (χ4n) is 3.43. The number of hydrogen-bond donors (Lipinski definition) is 2. The molecule has 0 saturated heterocycles. The molecule has 1 rings (SSSR count). The maximum atomic E-state index is 13.0. The van der Waals surface area contributed by atoms with Gasteiger partial charge in [-0.1, -0.05) is 75.8 Å². The zero-order chi connectivity index (χ0) is 22.4. The van der Waals surface area contributed by atoms with Gasteiger partial charge in [0.2, 0.25) is 5.91 Å². The molecular weight excluding hydrogens is 380 g/mol. The van der Waals surface area contributed by atoms with Crippen LogP contribution in [0.15, 0.2) is 30.3 Å². The lowest BCUT2D eigenvalue weighted by molar-refractivity contribution is -0.147. The quantitative estimate of drug-likeness (QED) is 0.335. The van der Waals surface area contributed by atoms with Crippen LogP contribution in [0.2, 0.25) is 0 Å². The molecule has 0 saturated carbocycles. The number of benzene rings is 1. The molecule has 0 radical (unpaired) electrons. The normalized spacial score (nSPS) is 13.9. The molecule has 1 unspecified atom stereocenters. The van der Waals surface area contributed by atoms with Crippen LogP contribution in [0.1, 0.15) is 70.8 Å². The van der Waals surface area contributed by atoms with Gasteiger partial charge in [0.1, 0.15) is 0 Å². The van der Waals surface area contributed by atoms with E-state index < -0.39 is 24.0 Å². The Labute approximate surface area is 180 Å². The third-order valence-electron chi connectivity index (χ3n) is 5.27. The van der Waals surface area contributed by atoms with E-state index in [2.05, 4.69) is 12.2 Å². The van der Waals surface area contributed by atoms with Crippen molar-refractivity contribution in [2.45, 2.75) is 83.7 Å². The van der Waals surface area contributed by atoms with E-state index in [0.29, 0.717) is 12.8 Å². The molecule has 1 amide bonds. The minimum absolute atomic E-state index is 0.0291. The molecule has 0 bridgehead atoms. The number of rotatable bonds is 15. The Morgan fingerprint density at radius 3 is 2.27 bits per heavy atom. The van der Waals surface area contributed by atoms with E-state index in [1.165, 1.54) is 26.4 Å². The number of nitrogens with one attached hydrogen (secondary N) is 1. The Bertz CT molecular complexity index is 646. The summed E-state index contributed by atoms with van der Waals surface area (Å²) in [6, 6.07) is 8.23. The van der Waals surface area contributed by atoms with Gasteiger partial charge in [-0.05, 0) is 25.3 Å². The fraction of sp³-hybridized carbons (Fsp3) is 0.625. The third-order valence-corrected chi connectivity index (χ3v) is 5.27. The molecule has 1 aromatic carbocycles. The highest BCUT2D eigenvalue weighted by atomic mass is 16.5. The van der Waals surface area contributed by atoms with Gasteiger partial charge in [0.15, 0.2) is 5.78 Å². The summed E-state index contributed by atoms with van der Waals surface area (Å²) in [4.78, 5) is 37.4. The summed E-state index contributed by atoms with van der Waals surface area (Å²) in [5.74, 6) is -1.49. The van der Waals surface area contributed by atoms with Gasteiger partial charge >= 0.3 is 5.97 Å². The van der Waals surface area contributed by atoms with Gasteiger partial charge in [-0.2, -0.15) is 0 Å². The number of methoxy groups -OCH3 is 1. The van der Waals surface area contributed by atoms with Crippen molar-refractivity contribution in [1.29, 1.82) is 0 Å². The van der Waals surface area contributed by atoms with Gasteiger partial charge in [-0.3, -0.25) is 14.4 Å². The molecular formula is C24H38N2O4. The molecule has 0 fully saturated rings. The standard InChI is InChI=1S/C24H38N2O4/c1-4-5-6-7-8-12-15-21(26-23(28)18(2)25)22(27)17-20(24(29)30-3)16-19-13-10-9-11-14-19/h9-11,13-14,18,20-21H,4-8,12,15-17,25H2,1-3H3,(H,26,28)/t18-,20+,21?/m0/s1. The van der Waals surface area contributed by atoms with Crippen molar-refractivity contribution in [3.05, 3.63) is 35.9 Å². The largest absolute Gasteiger partial charge is 0.469 e. The summed E-state index contributed by atoms with van der Waals surface area (Å²) in [7, 11) is 1.33. The highest BCUT2D eigenvalue weighted by Crippen LogP contribution is 2.18. The van der Waals surface area contributed by atoms with Crippen molar-refractivity contribution < 1.29 is 19.1 Å². The summed E-state index contributed by atoms with van der Waals surface area (Å²) in [6.45, 7) is 3.76. The van der Waals surface area contributed by atoms with Crippen molar-refractivity contribution in [1.82, 2.24) is 5.32 Å². The van der Waals surface area contributed by atoms with Crippen LogP contribution in [-0.2, 0) is 25.5 Å². The average Bonchev–Trinajstić information content (AvgIpc) is 2.74. The summed E-state index contributed by atoms with van der Waals surface area (Å²) in [5, 5.41) is 2.78. The van der Waals surface area contributed by atoms with E-state index in [4.69, 9.17) is 10.5 Å². The molecule has 0 aliphatic rings. The van der Waals surface area contributed by atoms with E-state index in [1.807, 2.05) is 30.3 Å². The topological polar surface area (TPSA) is 98.5 Å². The Kier molecular flexibility index (Phi) is 12.7. The summed E-state index contributed by atoms with van der Waals surface area (Å²) < 4.78 is 4.92. The second-order valence-corrected chi connectivity index (χ2v) is 7.99. The van der Waals surface area contributed by atoms with Gasteiger partial charge in [0.25, 0.3) is 0 Å². The molecule has 0 aromatic heterocycles. The van der Waals surface area contributed by atoms with Crippen molar-refractivity contribution in [3.63, 3.8) is 0 Å². The Hall–Kier alpha value is -2.21. The number of Topliss-reactive ketones (excluding diaryl/α,β-unsaturated/α-hetero) is 1. The number of nitrogens with two attached hydrogens (primary N) is 1. The van der Waals surface area contributed by atoms with Gasteiger partial charge < -0.3 is 15.8 Å². The lowest BCUT2D eigenvalue weighted by Crippen LogP contribution is -2.48. The average molecular weight is 419 g/mol. The van der Waals surface area contributed by atoms with Crippen LogP contribution < -0.4 is 11.1 Å². The number of carbonyl (C=O) groups excluding carboxylic acids is 3. The molecule has 0 heterocycles. The Morgan fingerprint density at radius 1 is 1.03 bits per heavy atom. The number of carbonyl (C=O) groups is 3. The zero-order valence-electron chi connectivity index (χ0n) is 18.7. The van der Waals surface area contributed by atoms with Gasteiger partial charge in [0.05, 0.1) is 25.1 Å². The smallest absolute Gasteiger partial charge is 0.309 e. The summed E-state index contributed by atoms with van der Waals surface area (Å²) in [5.41, 5.74) is 6.64. The molecule has 3 N–H and O–H groups in total. The maximum Gasteiger partial charge on any atom is 0.309 e. The first-order valence-corrected chi connectivity index (χ1v) is 11.1. The number of unbranched alkanes of at least 4 members (excludes halogenated alkanes) is 5. The molecule has 6 heteroatoms. The van der Waals surface area contributed by atoms with Crippen LogP contribution >= 0.6 is 0 Å². The van der Waals surface area contributed by atoms with Crippen LogP contribution in [-0.4, -0.2) is 36.9 Å². The first-order valence-electron chi connectivity index (χ1n) is 11.1. The molecule has 168 valence electrons. The third kappa shape index (κ3) is 10.0. The predicted octanol–water partition coefficient (Wildman–Crippen LogP) is 3.56. The molecule has 0 spiro atoms. The van der Waals surface area contributed by atoms with Crippen molar-refractivity contribution in [3.8, 4) is 0 Å². The van der Waals surface area contributed by atoms with Crippen LogP contribution in [0.3, 0.4) is 0 Å². The monoisotopic (exact) mass is 418 g/mol. The first kappa shape index (κ1) is 25.8. The summed E-state index contributed by atoms with van der Waals surface area (Å²) in [6.07, 6.45) is 7.57. The van der Waals surface area contributed by atoms with E-state index in [0.717, 1.165) is 24.8 Å². The SMILES string of the molecule is CCCCCCCCC(NC(=O)[C@H](C)N)C(=O)C[C@@H](Cc1ccccc1)C(=O)OC. The van der Waals surface area contributed by atoms with Crippen molar-refractivity contribution >= 4 is 17.7 Å². The summed E-state index contributed by atoms with van der Waals surface area (Å²) >= 11 is 0. The number of amides is 1. The molecule has 6 nitrogen and oxygen atoms in total. The minimum atomic E-state index is -0.689. The molecule has 30 heavy (non-hydrogen) atoms. The lowest BCUT2D eigenvalue weighted by atomic mass is 9.90. The van der Waals surface area contributed by atoms with Crippen LogP contribution in [0.4, 0.5) is 0 Å². The number of ether oxygens (including phenoxy) is 1. The van der Waals surface area contributed by atoms with E-state index >= 15 is 0 Å². The minimum Gasteiger partial charge on any atom is -0.469 e. The second-order valence-electron chi connectivity index (χ2n) is 7.99. The second kappa shape index (κ2) is 14.7. The van der Waals surface area contributed by atoms with Crippen LogP contribution in [0, 0.1) is 5.92 Å². The maximum absolute atomic E-state index is 13.0. The molecule has 1 aromatic rings. The zero-order valence-corrected chi connectivity index (χ0v) is 18.7. The van der Waals surface area contributed by atoms with E-state index in [-0.39, 0.29) is 18.1 Å². The van der Waals surface area contributed by atoms with Gasteiger partial charge in [0, 0.05) is 6.42 Å². The molecule has 0 aliphatic heterocycles. The number of esters is 1. The highest BCUT2D eigenvalue weighted by molar-refractivity contribution is 5.92. The highest BCUT2D eigenvalue weighted by Gasteiger charge is 2.28. The van der Waals surface area contributed by atoms with E-state index in [1.54, 1.807) is 6.92 Å². The van der Waals surface area contributed by atoms with Crippen molar-refractivity contribution in [2.75, 3.05) is 7.11 Å². The predicted molar refractivity (Wildman–Crippen MR) is 119 cm³/mol. The fourth-order valence-corrected chi connectivity index (χ4v) is 3.43.